The average Bonchev–Trinajstić information content (AvgIpc) is 3.19. The molecule has 134 valence electrons. The van der Waals surface area contributed by atoms with Gasteiger partial charge in [0.1, 0.15) is 6.61 Å². The van der Waals surface area contributed by atoms with Crippen LogP contribution in [0.25, 0.3) is 0 Å². The maximum Gasteiger partial charge on any atom is 0.254 e. The zero-order valence-corrected chi connectivity index (χ0v) is 15.3. The van der Waals surface area contributed by atoms with E-state index in [4.69, 9.17) is 9.47 Å². The molecule has 1 aromatic carbocycles. The van der Waals surface area contributed by atoms with Crippen molar-refractivity contribution in [1.29, 1.82) is 0 Å². The van der Waals surface area contributed by atoms with Crippen molar-refractivity contribution in [2.24, 2.45) is 0 Å². The highest BCUT2D eigenvalue weighted by Crippen LogP contribution is 2.29. The number of methoxy groups -OCH3 is 1. The molecule has 25 heavy (non-hydrogen) atoms. The third kappa shape index (κ3) is 4.29. The molecule has 3 rings (SSSR count). The molecule has 0 saturated carbocycles. The highest BCUT2D eigenvalue weighted by molar-refractivity contribution is 7.07. The molecule has 0 bridgehead atoms. The molecule has 1 aliphatic rings. The molecule has 1 atom stereocenters. The fourth-order valence-corrected chi connectivity index (χ4v) is 3.50. The second-order valence-corrected chi connectivity index (χ2v) is 6.73. The number of likely N-dealkylation sites (N-methyl/N-ethyl adjacent to an activating group) is 1. The van der Waals surface area contributed by atoms with Gasteiger partial charge >= 0.3 is 0 Å². The number of hydrogen-bond acceptors (Lipinski definition) is 6. The first-order chi connectivity index (χ1) is 12.2. The Bertz CT molecular complexity index is 706. The summed E-state index contributed by atoms with van der Waals surface area (Å²) in [6.45, 7) is 1.91. The fraction of sp³-hybridized carbons (Fsp3) is 0.444. The van der Waals surface area contributed by atoms with Crippen LogP contribution in [0.2, 0.25) is 0 Å². The number of likely N-dealkylation sites (tertiary alicyclic amines) is 1. The largest absolute Gasteiger partial charge is 0.493 e. The lowest BCUT2D eigenvalue weighted by atomic mass is 10.0. The minimum absolute atomic E-state index is 0.0318. The van der Waals surface area contributed by atoms with E-state index in [0.717, 1.165) is 31.6 Å². The number of nitrogens with zero attached hydrogens (tertiary/aromatic N) is 2. The minimum Gasteiger partial charge on any atom is -0.493 e. The molecule has 6 nitrogen and oxygen atoms in total. The minimum atomic E-state index is 0.0318. The van der Waals surface area contributed by atoms with Crippen molar-refractivity contribution in [3.8, 4) is 11.5 Å². The van der Waals surface area contributed by atoms with Crippen LogP contribution in [0, 0.1) is 0 Å². The number of hydrogen-bond donors (Lipinski definition) is 1. The van der Waals surface area contributed by atoms with E-state index in [-0.39, 0.29) is 5.91 Å². The summed E-state index contributed by atoms with van der Waals surface area (Å²) >= 11 is 1.53. The summed E-state index contributed by atoms with van der Waals surface area (Å²) in [7, 11) is 3.52. The first-order valence-corrected chi connectivity index (χ1v) is 9.30. The van der Waals surface area contributed by atoms with E-state index in [1.165, 1.54) is 11.3 Å². The number of benzene rings is 1. The molecule has 1 N–H and O–H groups in total. The number of rotatable bonds is 6. The lowest BCUT2D eigenvalue weighted by molar-refractivity contribution is 0.0697. The topological polar surface area (TPSA) is 63.7 Å². The smallest absolute Gasteiger partial charge is 0.254 e. The van der Waals surface area contributed by atoms with Gasteiger partial charge in [-0.15, -0.1) is 11.3 Å². The normalized spacial score (nSPS) is 17.4. The number of carbonyl (C=O) groups is 1. The number of aromatic nitrogens is 1. The van der Waals surface area contributed by atoms with Crippen LogP contribution in [-0.4, -0.2) is 49.1 Å². The molecule has 1 fully saturated rings. The van der Waals surface area contributed by atoms with Crippen LogP contribution in [0.1, 0.15) is 28.9 Å². The van der Waals surface area contributed by atoms with Crippen molar-refractivity contribution in [1.82, 2.24) is 15.2 Å². The molecule has 1 unspecified atom stereocenters. The third-order valence-corrected chi connectivity index (χ3v) is 5.02. The van der Waals surface area contributed by atoms with Crippen molar-refractivity contribution >= 4 is 17.2 Å². The zero-order valence-electron chi connectivity index (χ0n) is 14.5. The van der Waals surface area contributed by atoms with Crippen LogP contribution in [0.3, 0.4) is 0 Å². The molecule has 1 aliphatic heterocycles. The fourth-order valence-electron chi connectivity index (χ4n) is 2.96. The SMILES string of the molecule is CNC1CCCN(C(=O)c2ccc(OCc3cscn3)c(OC)c2)C1. The summed E-state index contributed by atoms with van der Waals surface area (Å²) in [5, 5.41) is 5.20. The predicted molar refractivity (Wildman–Crippen MR) is 97.4 cm³/mol. The molecule has 0 radical (unpaired) electrons. The van der Waals surface area contributed by atoms with Gasteiger partial charge < -0.3 is 19.7 Å². The zero-order chi connectivity index (χ0) is 17.6. The summed E-state index contributed by atoms with van der Waals surface area (Å²) in [5.41, 5.74) is 3.27. The van der Waals surface area contributed by atoms with Gasteiger partial charge in [0.2, 0.25) is 0 Å². The van der Waals surface area contributed by atoms with E-state index in [2.05, 4.69) is 10.3 Å². The molecular formula is C18H23N3O3S. The summed E-state index contributed by atoms with van der Waals surface area (Å²) in [6, 6.07) is 5.70. The Morgan fingerprint density at radius 1 is 1.44 bits per heavy atom. The molecule has 7 heteroatoms. The lowest BCUT2D eigenvalue weighted by Crippen LogP contribution is -2.46. The molecule has 1 aromatic heterocycles. The van der Waals surface area contributed by atoms with Gasteiger partial charge in [-0.2, -0.15) is 0 Å². The van der Waals surface area contributed by atoms with Gasteiger partial charge in [0, 0.05) is 30.1 Å². The van der Waals surface area contributed by atoms with Crippen molar-refractivity contribution < 1.29 is 14.3 Å². The Kier molecular flexibility index (Phi) is 5.88. The Hall–Kier alpha value is -2.12. The second-order valence-electron chi connectivity index (χ2n) is 6.01. The van der Waals surface area contributed by atoms with Gasteiger partial charge in [-0.25, -0.2) is 4.98 Å². The second kappa shape index (κ2) is 8.31. The summed E-state index contributed by atoms with van der Waals surface area (Å²) < 4.78 is 11.2. The number of nitrogens with one attached hydrogen (secondary N) is 1. The van der Waals surface area contributed by atoms with E-state index in [1.54, 1.807) is 30.8 Å². The van der Waals surface area contributed by atoms with Crippen LogP contribution in [-0.2, 0) is 6.61 Å². The molecule has 1 saturated heterocycles. The molecular weight excluding hydrogens is 338 g/mol. The monoisotopic (exact) mass is 361 g/mol. The predicted octanol–water partition coefficient (Wildman–Crippen LogP) is 2.55. The molecule has 2 heterocycles. The summed E-state index contributed by atoms with van der Waals surface area (Å²) in [4.78, 5) is 18.9. The Morgan fingerprint density at radius 2 is 2.32 bits per heavy atom. The van der Waals surface area contributed by atoms with Gasteiger partial charge in [0.05, 0.1) is 18.3 Å². The van der Waals surface area contributed by atoms with Crippen LogP contribution < -0.4 is 14.8 Å². The highest BCUT2D eigenvalue weighted by atomic mass is 32.1. The Balaban J connectivity index is 1.70. The lowest BCUT2D eigenvalue weighted by Gasteiger charge is -2.32. The maximum absolute atomic E-state index is 12.8. The van der Waals surface area contributed by atoms with Crippen LogP contribution in [0.4, 0.5) is 0 Å². The Labute approximate surface area is 151 Å². The average molecular weight is 361 g/mol. The van der Waals surface area contributed by atoms with E-state index in [1.807, 2.05) is 17.3 Å². The molecule has 1 amide bonds. The number of ether oxygens (including phenoxy) is 2. The third-order valence-electron chi connectivity index (χ3n) is 4.39. The molecule has 2 aromatic rings. The van der Waals surface area contributed by atoms with Crippen LogP contribution in [0.15, 0.2) is 29.1 Å². The number of thiazole rings is 1. The highest BCUT2D eigenvalue weighted by Gasteiger charge is 2.24. The van der Waals surface area contributed by atoms with Gasteiger partial charge in [-0.05, 0) is 38.1 Å². The maximum atomic E-state index is 12.8. The summed E-state index contributed by atoms with van der Waals surface area (Å²) in [6.07, 6.45) is 2.12. The van der Waals surface area contributed by atoms with E-state index in [0.29, 0.717) is 29.7 Å². The number of carbonyl (C=O) groups excluding carboxylic acids is 1. The standard InChI is InChI=1S/C18H23N3O3S/c1-19-14-4-3-7-21(9-14)18(22)13-5-6-16(17(8-13)23-2)24-10-15-11-25-12-20-15/h5-6,8,11-12,14,19H,3-4,7,9-10H2,1-2H3. The number of piperidine rings is 1. The number of amides is 1. The quantitative estimate of drug-likeness (QED) is 0.857. The van der Waals surface area contributed by atoms with Crippen molar-refractivity contribution in [3.05, 3.63) is 40.3 Å². The van der Waals surface area contributed by atoms with Crippen LogP contribution >= 0.6 is 11.3 Å². The van der Waals surface area contributed by atoms with Gasteiger partial charge in [-0.3, -0.25) is 4.79 Å². The summed E-state index contributed by atoms with van der Waals surface area (Å²) in [5.74, 6) is 1.20. The van der Waals surface area contributed by atoms with E-state index >= 15 is 0 Å². The molecule has 0 spiro atoms. The van der Waals surface area contributed by atoms with Crippen molar-refractivity contribution in [3.63, 3.8) is 0 Å². The van der Waals surface area contributed by atoms with Gasteiger partial charge in [-0.1, -0.05) is 0 Å². The van der Waals surface area contributed by atoms with Gasteiger partial charge in [0.15, 0.2) is 11.5 Å². The van der Waals surface area contributed by atoms with Crippen molar-refractivity contribution in [2.45, 2.75) is 25.5 Å². The van der Waals surface area contributed by atoms with E-state index in [9.17, 15) is 4.79 Å². The van der Waals surface area contributed by atoms with Gasteiger partial charge in [0.25, 0.3) is 5.91 Å². The Morgan fingerprint density at radius 3 is 3.04 bits per heavy atom. The van der Waals surface area contributed by atoms with E-state index < -0.39 is 0 Å². The van der Waals surface area contributed by atoms with Crippen molar-refractivity contribution in [2.75, 3.05) is 27.2 Å². The molecule has 0 aliphatic carbocycles. The first kappa shape index (κ1) is 17.7. The van der Waals surface area contributed by atoms with Crippen LogP contribution in [0.5, 0.6) is 11.5 Å². The first-order valence-electron chi connectivity index (χ1n) is 8.35.